The van der Waals surface area contributed by atoms with Crippen LogP contribution in [0.4, 0.5) is 0 Å². The smallest absolute Gasteiger partial charge is 0.335 e. The van der Waals surface area contributed by atoms with Gasteiger partial charge in [0, 0.05) is 44.3 Å². The number of carboxylic acids is 1. The zero-order valence-electron chi connectivity index (χ0n) is 13.8. The molecule has 11 heteroatoms. The molecule has 0 bridgehead atoms. The van der Waals surface area contributed by atoms with Crippen LogP contribution in [-0.2, 0) is 19.9 Å². The van der Waals surface area contributed by atoms with Crippen LogP contribution in [0, 0.1) is 0 Å². The number of carbonyl (C=O) groups excluding carboxylic acids is 1. The quantitative estimate of drug-likeness (QED) is 0.780. The predicted octanol–water partition coefficient (Wildman–Crippen LogP) is 0.115. The Kier molecular flexibility index (Phi) is 5.49. The molecule has 0 saturated carbocycles. The van der Waals surface area contributed by atoms with Crippen LogP contribution < -0.4 is 0 Å². The second-order valence-electron chi connectivity index (χ2n) is 5.81. The lowest BCUT2D eigenvalue weighted by atomic mass is 10.1. The molecule has 138 valence electrons. The molecule has 0 atom stereocenters. The van der Waals surface area contributed by atoms with Crippen LogP contribution in [0.1, 0.15) is 20.7 Å². The van der Waals surface area contributed by atoms with E-state index < -0.39 is 25.9 Å². The minimum Gasteiger partial charge on any atom is -0.478 e. The van der Waals surface area contributed by atoms with E-state index >= 15 is 0 Å². The van der Waals surface area contributed by atoms with Crippen molar-refractivity contribution < 1.29 is 27.3 Å². The Labute approximate surface area is 146 Å². The zero-order valence-corrected chi connectivity index (χ0v) is 15.4. The highest BCUT2D eigenvalue weighted by molar-refractivity contribution is 8.01. The number of piperazine rings is 1. The number of amides is 1. The van der Waals surface area contributed by atoms with Gasteiger partial charge in [-0.1, -0.05) is 3.77 Å². The van der Waals surface area contributed by atoms with Crippen molar-refractivity contribution in [2.24, 2.45) is 3.77 Å². The summed E-state index contributed by atoms with van der Waals surface area (Å²) in [5.74, 6) is -1.38. The SMILES string of the molecule is CS(C)(=O)=NS(=O)(=O)N1CCN(C(=O)c2ccc(C(=O)O)cc2)CC1. The molecule has 9 nitrogen and oxygen atoms in total. The Morgan fingerprint density at radius 2 is 1.44 bits per heavy atom. The molecule has 1 saturated heterocycles. The summed E-state index contributed by atoms with van der Waals surface area (Å²) in [6.07, 6.45) is 2.48. The first-order valence-electron chi connectivity index (χ1n) is 7.31. The molecule has 0 aromatic heterocycles. The van der Waals surface area contributed by atoms with Gasteiger partial charge in [-0.25, -0.2) is 9.00 Å². The van der Waals surface area contributed by atoms with Gasteiger partial charge in [-0.05, 0) is 24.3 Å². The monoisotopic (exact) mass is 389 g/mol. The first-order chi connectivity index (χ1) is 11.5. The highest BCUT2D eigenvalue weighted by Crippen LogP contribution is 2.14. The van der Waals surface area contributed by atoms with Crippen LogP contribution in [0.5, 0.6) is 0 Å². The van der Waals surface area contributed by atoms with E-state index in [2.05, 4.69) is 3.77 Å². The third-order valence-corrected chi connectivity index (χ3v) is 6.71. The number of hydrogen-bond acceptors (Lipinski definition) is 5. The van der Waals surface area contributed by atoms with E-state index in [-0.39, 0.29) is 37.6 Å². The topological polar surface area (TPSA) is 124 Å². The van der Waals surface area contributed by atoms with Crippen LogP contribution in [0.3, 0.4) is 0 Å². The lowest BCUT2D eigenvalue weighted by Crippen LogP contribution is -2.50. The molecule has 0 spiro atoms. The van der Waals surface area contributed by atoms with E-state index in [4.69, 9.17) is 5.11 Å². The Morgan fingerprint density at radius 3 is 1.88 bits per heavy atom. The highest BCUT2D eigenvalue weighted by Gasteiger charge is 2.29. The molecule has 0 unspecified atom stereocenters. The van der Waals surface area contributed by atoms with E-state index in [9.17, 15) is 22.2 Å². The Balaban J connectivity index is 2.06. The number of nitrogens with zero attached hydrogens (tertiary/aromatic N) is 3. The number of aromatic carboxylic acids is 1. The largest absolute Gasteiger partial charge is 0.478 e. The van der Waals surface area contributed by atoms with Gasteiger partial charge in [0.15, 0.2) is 0 Å². The van der Waals surface area contributed by atoms with E-state index in [1.807, 2.05) is 0 Å². The average molecular weight is 389 g/mol. The van der Waals surface area contributed by atoms with Crippen LogP contribution >= 0.6 is 0 Å². The Bertz CT molecular complexity index is 885. The maximum atomic E-state index is 12.4. The third kappa shape index (κ3) is 5.00. The molecule has 1 heterocycles. The lowest BCUT2D eigenvalue weighted by Gasteiger charge is -2.32. The standard InChI is InChI=1S/C14H19N3O6S2/c1-24(2,21)15-25(22,23)17-9-7-16(8-10-17)13(18)11-3-5-12(6-4-11)14(19)20/h3-6H,7-10H2,1-2H3,(H,19,20). The van der Waals surface area contributed by atoms with Gasteiger partial charge in [0.05, 0.1) is 15.3 Å². The summed E-state index contributed by atoms with van der Waals surface area (Å²) in [4.78, 5) is 24.7. The molecular formula is C14H19N3O6S2. The predicted molar refractivity (Wildman–Crippen MR) is 92.2 cm³/mol. The average Bonchev–Trinajstić information content (AvgIpc) is 2.52. The summed E-state index contributed by atoms with van der Waals surface area (Å²) in [5, 5.41) is 8.86. The van der Waals surface area contributed by atoms with Crippen molar-refractivity contribution in [2.45, 2.75) is 0 Å². The lowest BCUT2D eigenvalue weighted by molar-refractivity contribution is 0.0684. The summed E-state index contributed by atoms with van der Waals surface area (Å²) < 4.78 is 40.2. The third-order valence-electron chi connectivity index (χ3n) is 3.50. The Morgan fingerprint density at radius 1 is 0.960 bits per heavy atom. The molecule has 1 aromatic rings. The minimum atomic E-state index is -3.99. The number of carboxylic acid groups (broad SMARTS) is 1. The van der Waals surface area contributed by atoms with Gasteiger partial charge in [0.1, 0.15) is 0 Å². The molecule has 0 radical (unpaired) electrons. The molecule has 1 aromatic carbocycles. The molecule has 1 aliphatic heterocycles. The van der Waals surface area contributed by atoms with Crippen LogP contribution in [0.25, 0.3) is 0 Å². The molecule has 1 fully saturated rings. The van der Waals surface area contributed by atoms with Crippen molar-refractivity contribution in [1.82, 2.24) is 9.21 Å². The number of carbonyl (C=O) groups is 2. The summed E-state index contributed by atoms with van der Waals surface area (Å²) in [6.45, 7) is 0.451. The fraction of sp³-hybridized carbons (Fsp3) is 0.429. The highest BCUT2D eigenvalue weighted by atomic mass is 32.3. The van der Waals surface area contributed by atoms with Crippen LogP contribution in [-0.4, -0.2) is 77.5 Å². The van der Waals surface area contributed by atoms with Gasteiger partial charge in [-0.3, -0.25) is 4.79 Å². The first-order valence-corrected chi connectivity index (χ1v) is 11.0. The van der Waals surface area contributed by atoms with Crippen molar-refractivity contribution in [3.05, 3.63) is 35.4 Å². The van der Waals surface area contributed by atoms with Crippen molar-refractivity contribution >= 4 is 31.8 Å². The van der Waals surface area contributed by atoms with Gasteiger partial charge in [0.2, 0.25) is 0 Å². The van der Waals surface area contributed by atoms with Crippen molar-refractivity contribution in [3.8, 4) is 0 Å². The second kappa shape index (κ2) is 7.10. The summed E-state index contributed by atoms with van der Waals surface area (Å²) in [6, 6.07) is 5.53. The molecule has 0 aliphatic carbocycles. The first kappa shape index (κ1) is 19.3. The number of rotatable bonds is 4. The van der Waals surface area contributed by atoms with Gasteiger partial charge in [0.25, 0.3) is 5.91 Å². The Hall–Kier alpha value is -1.98. The van der Waals surface area contributed by atoms with Gasteiger partial charge in [-0.15, -0.1) is 0 Å². The maximum Gasteiger partial charge on any atom is 0.335 e. The summed E-state index contributed by atoms with van der Waals surface area (Å²) >= 11 is 0. The summed E-state index contributed by atoms with van der Waals surface area (Å²) in [7, 11) is -6.79. The van der Waals surface area contributed by atoms with E-state index in [1.165, 1.54) is 41.7 Å². The molecule has 25 heavy (non-hydrogen) atoms. The van der Waals surface area contributed by atoms with E-state index in [0.717, 1.165) is 4.31 Å². The molecule has 1 amide bonds. The molecule has 1 aliphatic rings. The summed E-state index contributed by atoms with van der Waals surface area (Å²) in [5.41, 5.74) is 0.410. The fourth-order valence-corrected chi connectivity index (χ4v) is 5.15. The van der Waals surface area contributed by atoms with Gasteiger partial charge in [-0.2, -0.15) is 12.7 Å². The minimum absolute atomic E-state index is 0.0559. The van der Waals surface area contributed by atoms with Gasteiger partial charge >= 0.3 is 16.2 Å². The normalized spacial score (nSPS) is 16.5. The molecular weight excluding hydrogens is 370 g/mol. The van der Waals surface area contributed by atoms with Crippen LogP contribution in [0.2, 0.25) is 0 Å². The zero-order chi connectivity index (χ0) is 18.8. The van der Waals surface area contributed by atoms with Gasteiger partial charge < -0.3 is 10.0 Å². The van der Waals surface area contributed by atoms with E-state index in [0.29, 0.717) is 5.56 Å². The van der Waals surface area contributed by atoms with Crippen molar-refractivity contribution in [1.29, 1.82) is 0 Å². The van der Waals surface area contributed by atoms with Crippen LogP contribution in [0.15, 0.2) is 28.0 Å². The fourth-order valence-electron chi connectivity index (χ4n) is 2.33. The van der Waals surface area contributed by atoms with Crippen molar-refractivity contribution in [2.75, 3.05) is 38.7 Å². The van der Waals surface area contributed by atoms with E-state index in [1.54, 1.807) is 0 Å². The molecule has 1 N–H and O–H groups in total. The van der Waals surface area contributed by atoms with Crippen molar-refractivity contribution in [3.63, 3.8) is 0 Å². The maximum absolute atomic E-state index is 12.4. The number of benzene rings is 1. The number of hydrogen-bond donors (Lipinski definition) is 1. The second-order valence-corrected chi connectivity index (χ2v) is 10.2. The molecule has 2 rings (SSSR count).